The van der Waals surface area contributed by atoms with Crippen molar-refractivity contribution in [1.82, 2.24) is 24.9 Å². The zero-order valence-electron chi connectivity index (χ0n) is 13.5. The first-order valence-electron chi connectivity index (χ1n) is 8.06. The quantitative estimate of drug-likeness (QED) is 0.818. The van der Waals surface area contributed by atoms with Crippen LogP contribution in [0, 0.1) is 6.92 Å². The molecule has 126 valence electrons. The van der Waals surface area contributed by atoms with E-state index in [9.17, 15) is 4.79 Å². The van der Waals surface area contributed by atoms with Crippen molar-refractivity contribution < 1.29 is 14.1 Å². The minimum Gasteiger partial charge on any atom is -0.378 e. The molecule has 8 heteroatoms. The molecule has 0 bridgehead atoms. The Morgan fingerprint density at radius 3 is 2.92 bits per heavy atom. The zero-order valence-corrected chi connectivity index (χ0v) is 13.5. The van der Waals surface area contributed by atoms with Gasteiger partial charge in [-0.2, -0.15) is 4.98 Å². The molecule has 2 saturated heterocycles. The summed E-state index contributed by atoms with van der Waals surface area (Å²) in [5, 5.41) is 3.87. The van der Waals surface area contributed by atoms with E-state index in [1.165, 1.54) is 0 Å². The van der Waals surface area contributed by atoms with E-state index < -0.39 is 0 Å². The third-order valence-electron chi connectivity index (χ3n) is 4.50. The number of rotatable bonds is 3. The van der Waals surface area contributed by atoms with Crippen LogP contribution in [-0.2, 0) is 4.74 Å². The third kappa shape index (κ3) is 2.78. The van der Waals surface area contributed by atoms with Gasteiger partial charge in [-0.05, 0) is 19.1 Å². The van der Waals surface area contributed by atoms with Gasteiger partial charge in [0, 0.05) is 31.9 Å². The summed E-state index contributed by atoms with van der Waals surface area (Å²) in [6, 6.07) is 5.61. The molecule has 1 amide bonds. The van der Waals surface area contributed by atoms with Crippen molar-refractivity contribution in [1.29, 1.82) is 0 Å². The van der Waals surface area contributed by atoms with Crippen LogP contribution in [0.25, 0.3) is 0 Å². The molecule has 2 aliphatic heterocycles. The van der Waals surface area contributed by atoms with Crippen LogP contribution in [0.1, 0.15) is 28.2 Å². The molecule has 0 saturated carbocycles. The number of pyridine rings is 1. The molecule has 4 rings (SSSR count). The molecule has 4 heterocycles. The number of aromatic nitrogens is 3. The van der Waals surface area contributed by atoms with E-state index in [0.717, 1.165) is 6.54 Å². The van der Waals surface area contributed by atoms with Crippen molar-refractivity contribution in [3.8, 4) is 0 Å². The lowest BCUT2D eigenvalue weighted by atomic mass is 10.0. The fourth-order valence-corrected chi connectivity index (χ4v) is 3.20. The molecule has 2 aromatic heterocycles. The number of likely N-dealkylation sites (tertiary alicyclic amines) is 1. The van der Waals surface area contributed by atoms with Gasteiger partial charge in [-0.25, -0.2) is 0 Å². The van der Waals surface area contributed by atoms with Gasteiger partial charge >= 0.3 is 0 Å². The lowest BCUT2D eigenvalue weighted by Gasteiger charge is -2.48. The minimum absolute atomic E-state index is 0.0229. The molecule has 2 aliphatic rings. The maximum atomic E-state index is 12.4. The number of carbonyl (C=O) groups is 1. The highest BCUT2D eigenvalue weighted by atomic mass is 16.5. The summed E-state index contributed by atoms with van der Waals surface area (Å²) in [4.78, 5) is 25.0. The molecule has 0 aliphatic carbocycles. The molecule has 0 N–H and O–H groups in total. The Bertz CT molecular complexity index is 714. The fourth-order valence-electron chi connectivity index (χ4n) is 3.20. The van der Waals surface area contributed by atoms with E-state index in [2.05, 4.69) is 20.0 Å². The first kappa shape index (κ1) is 15.2. The van der Waals surface area contributed by atoms with E-state index in [4.69, 9.17) is 9.26 Å². The molecule has 1 unspecified atom stereocenters. The molecule has 0 radical (unpaired) electrons. The number of nitrogens with zero attached hydrogens (tertiary/aromatic N) is 5. The van der Waals surface area contributed by atoms with Crippen LogP contribution in [0.5, 0.6) is 0 Å². The van der Waals surface area contributed by atoms with Crippen LogP contribution < -0.4 is 0 Å². The Kier molecular flexibility index (Phi) is 3.99. The first-order valence-corrected chi connectivity index (χ1v) is 8.06. The normalized spacial score (nSPS) is 22.4. The number of hydrogen-bond donors (Lipinski definition) is 0. The largest absolute Gasteiger partial charge is 0.378 e. The lowest BCUT2D eigenvalue weighted by Crippen LogP contribution is -2.63. The number of morpholine rings is 1. The highest BCUT2D eigenvalue weighted by Gasteiger charge is 2.41. The van der Waals surface area contributed by atoms with Gasteiger partial charge in [0.05, 0.1) is 13.2 Å². The second-order valence-electron chi connectivity index (χ2n) is 6.09. The average molecular weight is 329 g/mol. The summed E-state index contributed by atoms with van der Waals surface area (Å²) in [5.41, 5.74) is 0.488. The molecule has 0 spiro atoms. The van der Waals surface area contributed by atoms with Crippen molar-refractivity contribution in [2.24, 2.45) is 0 Å². The summed E-state index contributed by atoms with van der Waals surface area (Å²) in [5.74, 6) is 1.18. The first-order chi connectivity index (χ1) is 11.7. The Hall–Kier alpha value is -2.32. The minimum atomic E-state index is -0.0444. The standard InChI is InChI=1S/C16H19N5O3/c1-11-18-15(24-19-11)14-10-23-7-6-21(14)12-8-20(9-12)16(22)13-4-2-3-5-17-13/h2-5,12,14H,6-10H2,1H3. The number of hydrogen-bond acceptors (Lipinski definition) is 7. The molecule has 0 aromatic carbocycles. The van der Waals surface area contributed by atoms with E-state index in [1.54, 1.807) is 25.3 Å². The lowest BCUT2D eigenvalue weighted by molar-refractivity contribution is -0.0713. The van der Waals surface area contributed by atoms with Gasteiger partial charge in [0.25, 0.3) is 5.91 Å². The summed E-state index contributed by atoms with van der Waals surface area (Å²) >= 11 is 0. The van der Waals surface area contributed by atoms with Crippen molar-refractivity contribution in [3.05, 3.63) is 41.8 Å². The van der Waals surface area contributed by atoms with Gasteiger partial charge in [-0.1, -0.05) is 11.2 Å². The molecule has 24 heavy (non-hydrogen) atoms. The number of aryl methyl sites for hydroxylation is 1. The average Bonchev–Trinajstić information content (AvgIpc) is 3.01. The van der Waals surface area contributed by atoms with Crippen molar-refractivity contribution >= 4 is 5.91 Å². The Morgan fingerprint density at radius 1 is 1.33 bits per heavy atom. The van der Waals surface area contributed by atoms with Gasteiger partial charge in [0.15, 0.2) is 5.82 Å². The highest BCUT2D eigenvalue weighted by molar-refractivity contribution is 5.92. The maximum absolute atomic E-state index is 12.4. The van der Waals surface area contributed by atoms with Gasteiger partial charge in [0.2, 0.25) is 5.89 Å². The predicted octanol–water partition coefficient (Wildman–Crippen LogP) is 0.671. The maximum Gasteiger partial charge on any atom is 0.272 e. The van der Waals surface area contributed by atoms with E-state index in [0.29, 0.717) is 43.7 Å². The zero-order chi connectivity index (χ0) is 16.5. The molecular weight excluding hydrogens is 310 g/mol. The number of amides is 1. The van der Waals surface area contributed by atoms with Crippen LogP contribution in [0.15, 0.2) is 28.9 Å². The third-order valence-corrected chi connectivity index (χ3v) is 4.50. The smallest absolute Gasteiger partial charge is 0.272 e. The molecule has 1 atom stereocenters. The fraction of sp³-hybridized carbons (Fsp3) is 0.500. The van der Waals surface area contributed by atoms with Crippen LogP contribution in [0.4, 0.5) is 0 Å². The SMILES string of the molecule is Cc1noc(C2COCCN2C2CN(C(=O)c3ccccn3)C2)n1. The highest BCUT2D eigenvalue weighted by Crippen LogP contribution is 2.29. The van der Waals surface area contributed by atoms with Crippen LogP contribution in [0.3, 0.4) is 0 Å². The van der Waals surface area contributed by atoms with E-state index in [-0.39, 0.29) is 18.0 Å². The van der Waals surface area contributed by atoms with Crippen molar-refractivity contribution in [3.63, 3.8) is 0 Å². The van der Waals surface area contributed by atoms with E-state index in [1.807, 2.05) is 11.0 Å². The summed E-state index contributed by atoms with van der Waals surface area (Å²) < 4.78 is 10.9. The Labute approximate surface area is 139 Å². The van der Waals surface area contributed by atoms with Gasteiger partial charge in [-0.15, -0.1) is 0 Å². The summed E-state index contributed by atoms with van der Waals surface area (Å²) in [6.45, 7) is 5.17. The molecule has 2 aromatic rings. The molecule has 2 fully saturated rings. The predicted molar refractivity (Wildman–Crippen MR) is 83.2 cm³/mol. The van der Waals surface area contributed by atoms with Gasteiger partial charge in [0.1, 0.15) is 11.7 Å². The number of ether oxygens (including phenoxy) is 1. The summed E-state index contributed by atoms with van der Waals surface area (Å²) in [7, 11) is 0. The summed E-state index contributed by atoms with van der Waals surface area (Å²) in [6.07, 6.45) is 1.64. The van der Waals surface area contributed by atoms with Crippen LogP contribution in [-0.4, -0.2) is 69.7 Å². The van der Waals surface area contributed by atoms with Crippen molar-refractivity contribution in [2.45, 2.75) is 19.0 Å². The van der Waals surface area contributed by atoms with Gasteiger partial charge in [-0.3, -0.25) is 14.7 Å². The molecular formula is C16H19N5O3. The van der Waals surface area contributed by atoms with E-state index >= 15 is 0 Å². The molecule has 8 nitrogen and oxygen atoms in total. The second-order valence-corrected chi connectivity index (χ2v) is 6.09. The Morgan fingerprint density at radius 2 is 2.21 bits per heavy atom. The van der Waals surface area contributed by atoms with Crippen molar-refractivity contribution in [2.75, 3.05) is 32.8 Å². The Balaban J connectivity index is 1.42. The topological polar surface area (TPSA) is 84.6 Å². The van der Waals surface area contributed by atoms with Crippen LogP contribution >= 0.6 is 0 Å². The monoisotopic (exact) mass is 329 g/mol. The van der Waals surface area contributed by atoms with Crippen LogP contribution in [0.2, 0.25) is 0 Å². The number of carbonyl (C=O) groups excluding carboxylic acids is 1. The second kappa shape index (κ2) is 6.29. The van der Waals surface area contributed by atoms with Gasteiger partial charge < -0.3 is 14.2 Å².